The molecule has 0 radical (unpaired) electrons. The number of nitrogens with one attached hydrogen (secondary N) is 2. The molecule has 8 heteroatoms. The van der Waals surface area contributed by atoms with E-state index in [1.807, 2.05) is 0 Å². The van der Waals surface area contributed by atoms with E-state index in [0.717, 1.165) is 6.07 Å². The van der Waals surface area contributed by atoms with E-state index < -0.39 is 27.4 Å². The first-order chi connectivity index (χ1) is 13.9. The van der Waals surface area contributed by atoms with Crippen molar-refractivity contribution >= 4 is 27.4 Å². The first kappa shape index (κ1) is 18.6. The third kappa shape index (κ3) is 3.19. The van der Waals surface area contributed by atoms with Gasteiger partial charge < -0.3 is 0 Å². The van der Waals surface area contributed by atoms with Crippen LogP contribution >= 0.6 is 0 Å². The lowest BCUT2D eigenvalue weighted by molar-refractivity contribution is 0.0846. The largest absolute Gasteiger partial charge is 0.289 e. The molecule has 1 aliphatic rings. The van der Waals surface area contributed by atoms with Crippen LogP contribution in [0.15, 0.2) is 82.6 Å². The molecule has 7 nitrogen and oxygen atoms in total. The molecular weight excluding hydrogens is 392 g/mol. The molecule has 0 saturated carbocycles. The van der Waals surface area contributed by atoms with Gasteiger partial charge in [-0.2, -0.15) is 0 Å². The van der Waals surface area contributed by atoms with Crippen molar-refractivity contribution in [2.45, 2.75) is 9.79 Å². The molecule has 2 amide bonds. The number of sulfone groups is 1. The molecule has 0 unspecified atom stereocenters. The molecule has 0 fully saturated rings. The third-order valence-corrected chi connectivity index (χ3v) is 6.38. The molecule has 0 aromatic heterocycles. The van der Waals surface area contributed by atoms with Crippen molar-refractivity contribution in [2.75, 3.05) is 0 Å². The number of benzene rings is 3. The van der Waals surface area contributed by atoms with Crippen molar-refractivity contribution in [3.05, 3.63) is 95.1 Å². The van der Waals surface area contributed by atoms with Crippen LogP contribution in [0.5, 0.6) is 0 Å². The molecule has 2 N–H and O–H groups in total. The van der Waals surface area contributed by atoms with Crippen LogP contribution in [0.2, 0.25) is 0 Å². The van der Waals surface area contributed by atoms with Gasteiger partial charge in [0.25, 0.3) is 11.8 Å². The fourth-order valence-electron chi connectivity index (χ4n) is 3.07. The lowest BCUT2D eigenvalue weighted by Crippen LogP contribution is -2.41. The van der Waals surface area contributed by atoms with Crippen molar-refractivity contribution in [1.82, 2.24) is 10.9 Å². The highest BCUT2D eigenvalue weighted by Crippen LogP contribution is 2.34. The molecule has 1 heterocycles. The number of fused-ring (bicyclic) bond motifs is 2. The number of carbonyl (C=O) groups is 3. The van der Waals surface area contributed by atoms with Crippen LogP contribution in [0.1, 0.15) is 36.6 Å². The normalized spacial score (nSPS) is 13.7. The molecule has 3 aromatic rings. The first-order valence-corrected chi connectivity index (χ1v) is 10.1. The molecule has 3 aromatic carbocycles. The average molecular weight is 406 g/mol. The lowest BCUT2D eigenvalue weighted by atomic mass is 10.0. The zero-order chi connectivity index (χ0) is 20.6. The summed E-state index contributed by atoms with van der Waals surface area (Å²) < 4.78 is 25.8. The van der Waals surface area contributed by atoms with Crippen molar-refractivity contribution in [3.63, 3.8) is 0 Å². The summed E-state index contributed by atoms with van der Waals surface area (Å²) in [4.78, 5) is 36.7. The molecule has 29 heavy (non-hydrogen) atoms. The summed E-state index contributed by atoms with van der Waals surface area (Å²) in [5.74, 6) is -1.65. The van der Waals surface area contributed by atoms with E-state index in [4.69, 9.17) is 0 Å². The van der Waals surface area contributed by atoms with E-state index in [-0.39, 0.29) is 26.5 Å². The van der Waals surface area contributed by atoms with Gasteiger partial charge in [-0.05, 0) is 42.5 Å². The minimum Gasteiger partial charge on any atom is -0.289 e. The highest BCUT2D eigenvalue weighted by molar-refractivity contribution is 7.91. The Bertz CT molecular complexity index is 1270. The maximum Gasteiger partial charge on any atom is 0.269 e. The summed E-state index contributed by atoms with van der Waals surface area (Å²) in [6.07, 6.45) is 0. The van der Waals surface area contributed by atoms with Gasteiger partial charge >= 0.3 is 0 Å². The quantitative estimate of drug-likeness (QED) is 0.496. The summed E-state index contributed by atoms with van der Waals surface area (Å²) in [6.45, 7) is 0. The number of ketones is 1. The summed E-state index contributed by atoms with van der Waals surface area (Å²) >= 11 is 0. The molecule has 0 spiro atoms. The highest BCUT2D eigenvalue weighted by Gasteiger charge is 2.35. The molecule has 4 rings (SSSR count). The van der Waals surface area contributed by atoms with Crippen LogP contribution in [0.3, 0.4) is 0 Å². The second-order valence-electron chi connectivity index (χ2n) is 6.31. The third-order valence-electron chi connectivity index (χ3n) is 4.52. The fraction of sp³-hybridized carbons (Fsp3) is 0. The van der Waals surface area contributed by atoms with Crippen LogP contribution in [0.4, 0.5) is 0 Å². The Morgan fingerprint density at radius 3 is 1.97 bits per heavy atom. The molecule has 0 saturated heterocycles. The zero-order valence-electron chi connectivity index (χ0n) is 14.9. The molecule has 0 atom stereocenters. The van der Waals surface area contributed by atoms with Gasteiger partial charge in [0.1, 0.15) is 0 Å². The lowest BCUT2D eigenvalue weighted by Gasteiger charge is -2.19. The average Bonchev–Trinajstić information content (AvgIpc) is 2.76. The molecule has 0 aliphatic carbocycles. The van der Waals surface area contributed by atoms with Crippen LogP contribution in [-0.2, 0) is 9.84 Å². The Morgan fingerprint density at radius 2 is 1.24 bits per heavy atom. The number of amides is 2. The monoisotopic (exact) mass is 406 g/mol. The number of hydrogen-bond donors (Lipinski definition) is 2. The number of rotatable bonds is 2. The Labute approximate surface area is 166 Å². The summed E-state index contributed by atoms with van der Waals surface area (Å²) in [6, 6.07) is 18.0. The van der Waals surface area contributed by atoms with Crippen LogP contribution in [-0.4, -0.2) is 26.0 Å². The zero-order valence-corrected chi connectivity index (χ0v) is 15.7. The predicted molar refractivity (Wildman–Crippen MR) is 103 cm³/mol. The van der Waals surface area contributed by atoms with Gasteiger partial charge in [0.15, 0.2) is 5.78 Å². The standard InChI is InChI=1S/C21H14N2O5S/c24-19-15-8-4-5-9-17(15)29(27,28)18-12-14(10-11-16(18)19)21(26)23-22-20(25)13-6-2-1-3-7-13/h1-12H,(H,22,25)(H,23,26). The van der Waals surface area contributed by atoms with Gasteiger partial charge in [-0.3, -0.25) is 25.2 Å². The topological polar surface area (TPSA) is 109 Å². The van der Waals surface area contributed by atoms with Crippen LogP contribution in [0.25, 0.3) is 0 Å². The van der Waals surface area contributed by atoms with Gasteiger partial charge in [-0.25, -0.2) is 8.42 Å². The maximum absolute atomic E-state index is 12.9. The number of carbonyl (C=O) groups excluding carboxylic acids is 3. The minimum atomic E-state index is -3.95. The Kier molecular flexibility index (Phi) is 4.48. The second kappa shape index (κ2) is 6.99. The van der Waals surface area contributed by atoms with Crippen LogP contribution in [0, 0.1) is 0 Å². The van der Waals surface area contributed by atoms with E-state index in [1.54, 1.807) is 36.4 Å². The van der Waals surface area contributed by atoms with Crippen molar-refractivity contribution in [1.29, 1.82) is 0 Å². The van der Waals surface area contributed by atoms with E-state index in [2.05, 4.69) is 10.9 Å². The SMILES string of the molecule is O=C(NNC(=O)c1ccc2c(c1)S(=O)(=O)c1ccccc1C2=O)c1ccccc1. The van der Waals surface area contributed by atoms with Gasteiger partial charge in [0.2, 0.25) is 9.84 Å². The van der Waals surface area contributed by atoms with Gasteiger partial charge in [-0.15, -0.1) is 0 Å². The van der Waals surface area contributed by atoms with E-state index in [1.165, 1.54) is 30.3 Å². The van der Waals surface area contributed by atoms with Gasteiger partial charge in [-0.1, -0.05) is 30.3 Å². The first-order valence-electron chi connectivity index (χ1n) is 8.58. The van der Waals surface area contributed by atoms with Gasteiger partial charge in [0, 0.05) is 22.3 Å². The second-order valence-corrected chi connectivity index (χ2v) is 8.20. The summed E-state index contributed by atoms with van der Waals surface area (Å²) in [5, 5.41) is 0. The highest BCUT2D eigenvalue weighted by atomic mass is 32.2. The van der Waals surface area contributed by atoms with Crippen molar-refractivity contribution in [2.24, 2.45) is 0 Å². The van der Waals surface area contributed by atoms with Crippen molar-refractivity contribution < 1.29 is 22.8 Å². The molecular formula is C21H14N2O5S. The predicted octanol–water partition coefficient (Wildman–Crippen LogP) is 2.14. The Hall–Kier alpha value is -3.78. The van der Waals surface area contributed by atoms with Crippen molar-refractivity contribution in [3.8, 4) is 0 Å². The summed E-state index contributed by atoms with van der Waals surface area (Å²) in [5.41, 5.74) is 4.97. The molecule has 144 valence electrons. The minimum absolute atomic E-state index is 0.00660. The van der Waals surface area contributed by atoms with E-state index in [9.17, 15) is 22.8 Å². The molecule has 0 bridgehead atoms. The van der Waals surface area contributed by atoms with Gasteiger partial charge in [0.05, 0.1) is 9.79 Å². The van der Waals surface area contributed by atoms with E-state index in [0.29, 0.717) is 5.56 Å². The fourth-order valence-corrected chi connectivity index (χ4v) is 4.75. The number of hydrazine groups is 1. The maximum atomic E-state index is 12.9. The Morgan fingerprint density at radius 1 is 0.655 bits per heavy atom. The number of hydrogen-bond acceptors (Lipinski definition) is 5. The molecule has 1 aliphatic heterocycles. The smallest absolute Gasteiger partial charge is 0.269 e. The van der Waals surface area contributed by atoms with E-state index >= 15 is 0 Å². The Balaban J connectivity index is 1.61. The summed E-state index contributed by atoms with van der Waals surface area (Å²) in [7, 11) is -3.95. The van der Waals surface area contributed by atoms with Crippen LogP contribution < -0.4 is 10.9 Å².